The summed E-state index contributed by atoms with van der Waals surface area (Å²) in [6.07, 6.45) is 0.795. The maximum atomic E-state index is 12.3. The number of benzene rings is 1. The molecule has 1 aromatic rings. The van der Waals surface area contributed by atoms with Crippen molar-refractivity contribution in [1.82, 2.24) is 4.90 Å². The highest BCUT2D eigenvalue weighted by Crippen LogP contribution is 2.27. The molecule has 1 aromatic carbocycles. The van der Waals surface area contributed by atoms with Gasteiger partial charge in [0.05, 0.1) is 19.3 Å². The van der Waals surface area contributed by atoms with Crippen LogP contribution in [0.4, 0.5) is 4.79 Å². The molecule has 0 spiro atoms. The van der Waals surface area contributed by atoms with Gasteiger partial charge < -0.3 is 19.5 Å². The van der Waals surface area contributed by atoms with Gasteiger partial charge in [0.25, 0.3) is 0 Å². The highest BCUT2D eigenvalue weighted by molar-refractivity contribution is 7.99. The summed E-state index contributed by atoms with van der Waals surface area (Å²) in [6, 6.07) is 7.56. The van der Waals surface area contributed by atoms with E-state index in [4.69, 9.17) is 9.47 Å². The molecule has 6 heteroatoms. The minimum absolute atomic E-state index is 0.175. The molecule has 0 bridgehead atoms. The molecule has 24 heavy (non-hydrogen) atoms. The van der Waals surface area contributed by atoms with Gasteiger partial charge in [0.15, 0.2) is 0 Å². The second kappa shape index (κ2) is 8.12. The Bertz CT molecular complexity index is 541. The summed E-state index contributed by atoms with van der Waals surface area (Å²) in [5.41, 5.74) is -0.521. The minimum Gasteiger partial charge on any atom is -0.497 e. The van der Waals surface area contributed by atoms with Crippen molar-refractivity contribution in [2.24, 2.45) is 0 Å². The molecule has 0 aliphatic carbocycles. The fourth-order valence-corrected chi connectivity index (χ4v) is 3.62. The van der Waals surface area contributed by atoms with Gasteiger partial charge in [-0.05, 0) is 57.9 Å². The van der Waals surface area contributed by atoms with Gasteiger partial charge in [0.1, 0.15) is 11.4 Å². The first-order chi connectivity index (χ1) is 11.3. The molecule has 5 nitrogen and oxygen atoms in total. The first-order valence-corrected chi connectivity index (χ1v) is 9.23. The molecule has 1 fully saturated rings. The lowest BCUT2D eigenvalue weighted by Crippen LogP contribution is -2.45. The molecule has 1 amide bonds. The lowest BCUT2D eigenvalue weighted by Gasteiger charge is -2.31. The Hall–Kier alpha value is -1.40. The zero-order valence-corrected chi connectivity index (χ0v) is 15.6. The Balaban J connectivity index is 1.90. The van der Waals surface area contributed by atoms with E-state index in [1.165, 1.54) is 0 Å². The van der Waals surface area contributed by atoms with Gasteiger partial charge in [-0.1, -0.05) is 0 Å². The summed E-state index contributed by atoms with van der Waals surface area (Å²) in [7, 11) is 1.64. The fourth-order valence-electron chi connectivity index (χ4n) is 2.70. The number of hydrogen-bond donors (Lipinski definition) is 1. The number of ether oxygens (including phenoxy) is 2. The van der Waals surface area contributed by atoms with Crippen molar-refractivity contribution in [3.05, 3.63) is 24.3 Å². The molecule has 1 heterocycles. The molecule has 2 rings (SSSR count). The average Bonchev–Trinajstić information content (AvgIpc) is 3.01. The number of methoxy groups -OCH3 is 1. The number of aliphatic hydroxyl groups is 1. The zero-order chi connectivity index (χ0) is 17.7. The van der Waals surface area contributed by atoms with E-state index in [-0.39, 0.29) is 12.1 Å². The third-order valence-corrected chi connectivity index (χ3v) is 4.97. The second-order valence-electron chi connectivity index (χ2n) is 6.94. The smallest absolute Gasteiger partial charge is 0.410 e. The lowest BCUT2D eigenvalue weighted by atomic mass is 10.1. The second-order valence-corrected chi connectivity index (χ2v) is 8.03. The molecule has 1 aliphatic heterocycles. The summed E-state index contributed by atoms with van der Waals surface area (Å²) >= 11 is 1.58. The van der Waals surface area contributed by atoms with Crippen LogP contribution < -0.4 is 4.74 Å². The summed E-state index contributed by atoms with van der Waals surface area (Å²) in [5, 5.41) is 10.5. The predicted molar refractivity (Wildman–Crippen MR) is 95.7 cm³/mol. The van der Waals surface area contributed by atoms with Crippen LogP contribution in [0.15, 0.2) is 29.2 Å². The Kier molecular flexibility index (Phi) is 6.40. The number of amides is 1. The Morgan fingerprint density at radius 2 is 2.04 bits per heavy atom. The number of aliphatic hydroxyl groups excluding tert-OH is 1. The first-order valence-electron chi connectivity index (χ1n) is 8.24. The van der Waals surface area contributed by atoms with Crippen LogP contribution in [-0.4, -0.2) is 53.3 Å². The van der Waals surface area contributed by atoms with Crippen molar-refractivity contribution in [3.8, 4) is 5.75 Å². The van der Waals surface area contributed by atoms with E-state index in [9.17, 15) is 9.90 Å². The van der Waals surface area contributed by atoms with Crippen molar-refractivity contribution >= 4 is 17.9 Å². The average molecular weight is 353 g/mol. The van der Waals surface area contributed by atoms with Crippen LogP contribution in [0.2, 0.25) is 0 Å². The van der Waals surface area contributed by atoms with Crippen molar-refractivity contribution < 1.29 is 19.4 Å². The summed E-state index contributed by atoms with van der Waals surface area (Å²) in [4.78, 5) is 15.0. The molecular formula is C18H27NO4S. The lowest BCUT2D eigenvalue weighted by molar-refractivity contribution is 0.00866. The van der Waals surface area contributed by atoms with Crippen LogP contribution in [0, 0.1) is 0 Å². The van der Waals surface area contributed by atoms with Crippen LogP contribution in [0.1, 0.15) is 33.6 Å². The monoisotopic (exact) mass is 353 g/mol. The Morgan fingerprint density at radius 3 is 2.62 bits per heavy atom. The minimum atomic E-state index is -0.577. The van der Waals surface area contributed by atoms with Crippen molar-refractivity contribution in [3.63, 3.8) is 0 Å². The summed E-state index contributed by atoms with van der Waals surface area (Å²) in [6.45, 7) is 6.20. The number of rotatable bonds is 5. The van der Waals surface area contributed by atoms with Crippen LogP contribution >= 0.6 is 11.8 Å². The van der Waals surface area contributed by atoms with Crippen LogP contribution in [0.3, 0.4) is 0 Å². The third-order valence-electron chi connectivity index (χ3n) is 3.85. The number of carbonyl (C=O) groups is 1. The van der Waals surface area contributed by atoms with Gasteiger partial charge in [-0.15, -0.1) is 11.8 Å². The maximum absolute atomic E-state index is 12.3. The number of hydrogen-bond acceptors (Lipinski definition) is 5. The number of likely N-dealkylation sites (tertiary alicyclic amines) is 1. The number of carbonyl (C=O) groups excluding carboxylic acids is 1. The van der Waals surface area contributed by atoms with Crippen LogP contribution in [0.5, 0.6) is 5.75 Å². The first kappa shape index (κ1) is 18.9. The van der Waals surface area contributed by atoms with E-state index < -0.39 is 11.7 Å². The van der Waals surface area contributed by atoms with Crippen molar-refractivity contribution in [1.29, 1.82) is 0 Å². The van der Waals surface area contributed by atoms with Gasteiger partial charge in [-0.3, -0.25) is 0 Å². The molecule has 0 radical (unpaired) electrons. The maximum Gasteiger partial charge on any atom is 0.410 e. The molecule has 1 unspecified atom stereocenters. The van der Waals surface area contributed by atoms with Gasteiger partial charge in [-0.25, -0.2) is 4.79 Å². The molecule has 0 aromatic heterocycles. The SMILES string of the molecule is COc1ccc(SCC(O)[C@@H]2CCCN2C(=O)OC(C)(C)C)cc1. The molecular weight excluding hydrogens is 326 g/mol. The highest BCUT2D eigenvalue weighted by atomic mass is 32.2. The highest BCUT2D eigenvalue weighted by Gasteiger charge is 2.36. The quantitative estimate of drug-likeness (QED) is 0.821. The van der Waals surface area contributed by atoms with Gasteiger partial charge in [0, 0.05) is 17.2 Å². The molecule has 0 saturated carbocycles. The third kappa shape index (κ3) is 5.31. The van der Waals surface area contributed by atoms with E-state index in [0.29, 0.717) is 12.3 Å². The number of thioether (sulfide) groups is 1. The molecule has 1 saturated heterocycles. The van der Waals surface area contributed by atoms with Gasteiger partial charge >= 0.3 is 6.09 Å². The molecule has 2 atom stereocenters. The molecule has 134 valence electrons. The topological polar surface area (TPSA) is 59.0 Å². The standard InChI is InChI=1S/C18H27NO4S/c1-18(2,3)23-17(21)19-11-5-6-15(19)16(20)12-24-14-9-7-13(22-4)8-10-14/h7-10,15-16,20H,5-6,11-12H2,1-4H3/t15-,16?/m0/s1. The Morgan fingerprint density at radius 1 is 1.38 bits per heavy atom. The van der Waals surface area contributed by atoms with Gasteiger partial charge in [0.2, 0.25) is 0 Å². The van der Waals surface area contributed by atoms with E-state index in [2.05, 4.69) is 0 Å². The van der Waals surface area contributed by atoms with Crippen LogP contribution in [-0.2, 0) is 4.74 Å². The normalized spacial score (nSPS) is 19.2. The summed E-state index contributed by atoms with van der Waals surface area (Å²) < 4.78 is 10.6. The molecule has 1 aliphatic rings. The summed E-state index contributed by atoms with van der Waals surface area (Å²) in [5.74, 6) is 1.35. The van der Waals surface area contributed by atoms with E-state index in [1.807, 2.05) is 45.0 Å². The van der Waals surface area contributed by atoms with E-state index in [1.54, 1.807) is 23.8 Å². The Labute approximate surface area is 148 Å². The fraction of sp³-hybridized carbons (Fsp3) is 0.611. The van der Waals surface area contributed by atoms with Crippen molar-refractivity contribution in [2.45, 2.75) is 56.3 Å². The van der Waals surface area contributed by atoms with Gasteiger partial charge in [-0.2, -0.15) is 0 Å². The molecule has 1 N–H and O–H groups in total. The zero-order valence-electron chi connectivity index (χ0n) is 14.8. The largest absolute Gasteiger partial charge is 0.497 e. The van der Waals surface area contributed by atoms with E-state index in [0.717, 1.165) is 23.5 Å². The van der Waals surface area contributed by atoms with Crippen molar-refractivity contribution in [2.75, 3.05) is 19.4 Å². The van der Waals surface area contributed by atoms with E-state index >= 15 is 0 Å². The van der Waals surface area contributed by atoms with Crippen LogP contribution in [0.25, 0.3) is 0 Å². The predicted octanol–water partition coefficient (Wildman–Crippen LogP) is 3.55. The number of nitrogens with zero attached hydrogens (tertiary/aromatic N) is 1.